The monoisotopic (exact) mass is 339 g/mol. The van der Waals surface area contributed by atoms with Crippen LogP contribution in [-0.4, -0.2) is 18.3 Å². The maximum absolute atomic E-state index is 12.2. The van der Waals surface area contributed by atoms with Crippen molar-refractivity contribution < 1.29 is 14.3 Å². The van der Waals surface area contributed by atoms with Crippen molar-refractivity contribution in [2.45, 2.75) is 39.2 Å². The van der Waals surface area contributed by atoms with E-state index in [1.165, 1.54) is 0 Å². The van der Waals surface area contributed by atoms with Crippen LogP contribution in [0.15, 0.2) is 54.6 Å². The van der Waals surface area contributed by atoms with Crippen LogP contribution in [0.1, 0.15) is 55.1 Å². The molecule has 0 saturated heterocycles. The largest absolute Gasteiger partial charge is 0.494 e. The molecule has 1 unspecified atom stereocenters. The Morgan fingerprint density at radius 3 is 2.32 bits per heavy atom. The Labute approximate surface area is 149 Å². The minimum atomic E-state index is -0.118. The predicted molar refractivity (Wildman–Crippen MR) is 98.8 cm³/mol. The first kappa shape index (κ1) is 18.7. The number of benzene rings is 2. The van der Waals surface area contributed by atoms with E-state index in [2.05, 4.69) is 5.32 Å². The molecule has 1 atom stereocenters. The maximum atomic E-state index is 12.2. The molecule has 132 valence electrons. The molecule has 0 saturated carbocycles. The number of nitrogens with one attached hydrogen (secondary N) is 1. The number of hydrogen-bond donors (Lipinski definition) is 1. The van der Waals surface area contributed by atoms with Crippen LogP contribution in [0.25, 0.3) is 0 Å². The summed E-state index contributed by atoms with van der Waals surface area (Å²) in [5.74, 6) is 0.602. The van der Waals surface area contributed by atoms with E-state index in [0.717, 1.165) is 17.7 Å². The molecular weight excluding hydrogens is 314 g/mol. The molecule has 4 nitrogen and oxygen atoms in total. The van der Waals surface area contributed by atoms with Crippen molar-refractivity contribution in [3.05, 3.63) is 65.7 Å². The molecule has 0 aliphatic heterocycles. The van der Waals surface area contributed by atoms with Gasteiger partial charge in [-0.3, -0.25) is 9.59 Å². The average molecular weight is 339 g/mol. The normalized spacial score (nSPS) is 11.6. The van der Waals surface area contributed by atoms with Gasteiger partial charge in [0, 0.05) is 18.4 Å². The van der Waals surface area contributed by atoms with Gasteiger partial charge in [-0.25, -0.2) is 0 Å². The van der Waals surface area contributed by atoms with E-state index >= 15 is 0 Å². The molecule has 0 heterocycles. The van der Waals surface area contributed by atoms with E-state index in [9.17, 15) is 9.59 Å². The highest BCUT2D eigenvalue weighted by molar-refractivity contribution is 5.98. The van der Waals surface area contributed by atoms with Gasteiger partial charge in [-0.1, -0.05) is 37.3 Å². The van der Waals surface area contributed by atoms with Crippen LogP contribution in [0.5, 0.6) is 5.75 Å². The number of carbonyl (C=O) groups excluding carboxylic acids is 2. The summed E-state index contributed by atoms with van der Waals surface area (Å²) >= 11 is 0. The Bertz CT molecular complexity index is 680. The molecular formula is C21H25NO3. The van der Waals surface area contributed by atoms with Gasteiger partial charge in [-0.15, -0.1) is 0 Å². The van der Waals surface area contributed by atoms with E-state index < -0.39 is 0 Å². The zero-order valence-corrected chi connectivity index (χ0v) is 14.8. The lowest BCUT2D eigenvalue weighted by molar-refractivity contribution is -0.121. The molecule has 0 fully saturated rings. The van der Waals surface area contributed by atoms with Gasteiger partial charge in [-0.2, -0.15) is 0 Å². The topological polar surface area (TPSA) is 55.4 Å². The highest BCUT2D eigenvalue weighted by Gasteiger charge is 2.12. The summed E-state index contributed by atoms with van der Waals surface area (Å²) in [6.45, 7) is 4.64. The molecule has 2 aromatic rings. The maximum Gasteiger partial charge on any atom is 0.220 e. The molecule has 0 bridgehead atoms. The van der Waals surface area contributed by atoms with E-state index in [1.807, 2.05) is 44.2 Å². The molecule has 1 amide bonds. The van der Waals surface area contributed by atoms with E-state index in [1.54, 1.807) is 24.3 Å². The third-order valence-electron chi connectivity index (χ3n) is 3.91. The summed E-state index contributed by atoms with van der Waals surface area (Å²) in [6.07, 6.45) is 1.32. The van der Waals surface area contributed by atoms with Crippen molar-refractivity contribution in [3.8, 4) is 5.75 Å². The minimum absolute atomic E-state index is 0.0374. The van der Waals surface area contributed by atoms with Gasteiger partial charge in [0.2, 0.25) is 5.91 Å². The van der Waals surface area contributed by atoms with Crippen molar-refractivity contribution in [2.24, 2.45) is 0 Å². The first-order chi connectivity index (χ1) is 12.1. The third-order valence-corrected chi connectivity index (χ3v) is 3.91. The second-order valence-corrected chi connectivity index (χ2v) is 6.00. The summed E-state index contributed by atoms with van der Waals surface area (Å²) < 4.78 is 5.50. The Morgan fingerprint density at radius 2 is 1.68 bits per heavy atom. The lowest BCUT2D eigenvalue weighted by Crippen LogP contribution is -2.26. The van der Waals surface area contributed by atoms with Crippen molar-refractivity contribution in [2.75, 3.05) is 6.61 Å². The number of carbonyl (C=O) groups is 2. The van der Waals surface area contributed by atoms with Crippen LogP contribution in [0.2, 0.25) is 0 Å². The Kier molecular flexibility index (Phi) is 7.20. The summed E-state index contributed by atoms with van der Waals surface area (Å²) in [4.78, 5) is 24.3. The molecule has 1 N–H and O–H groups in total. The highest BCUT2D eigenvalue weighted by Crippen LogP contribution is 2.15. The van der Waals surface area contributed by atoms with Gasteiger partial charge in [0.15, 0.2) is 5.78 Å². The van der Waals surface area contributed by atoms with Crippen molar-refractivity contribution in [3.63, 3.8) is 0 Å². The summed E-state index contributed by atoms with van der Waals surface area (Å²) in [5.41, 5.74) is 1.65. The van der Waals surface area contributed by atoms with Crippen molar-refractivity contribution >= 4 is 11.7 Å². The number of ketones is 1. The second-order valence-electron chi connectivity index (χ2n) is 6.00. The first-order valence-electron chi connectivity index (χ1n) is 8.70. The Morgan fingerprint density at radius 1 is 1.00 bits per heavy atom. The molecule has 0 aliphatic carbocycles. The third kappa shape index (κ3) is 6.07. The molecule has 0 spiro atoms. The van der Waals surface area contributed by atoms with E-state index in [0.29, 0.717) is 12.2 Å². The molecule has 2 aromatic carbocycles. The van der Waals surface area contributed by atoms with Crippen molar-refractivity contribution in [1.82, 2.24) is 5.32 Å². The fourth-order valence-corrected chi connectivity index (χ4v) is 2.47. The van der Waals surface area contributed by atoms with Gasteiger partial charge in [0.1, 0.15) is 5.75 Å². The Balaban J connectivity index is 1.80. The molecule has 0 aliphatic rings. The van der Waals surface area contributed by atoms with Crippen LogP contribution in [0.4, 0.5) is 0 Å². The number of amides is 1. The number of hydrogen-bond acceptors (Lipinski definition) is 3. The highest BCUT2D eigenvalue weighted by atomic mass is 16.5. The van der Waals surface area contributed by atoms with Gasteiger partial charge in [0.25, 0.3) is 0 Å². The quantitative estimate of drug-likeness (QED) is 0.692. The fraction of sp³-hybridized carbons (Fsp3) is 0.333. The van der Waals surface area contributed by atoms with Crippen LogP contribution < -0.4 is 10.1 Å². The lowest BCUT2D eigenvalue weighted by Gasteiger charge is -2.14. The number of Topliss-reactive ketones (excluding diaryl/α,β-unsaturated/α-hetero) is 1. The zero-order valence-electron chi connectivity index (χ0n) is 14.8. The molecule has 0 aromatic heterocycles. The van der Waals surface area contributed by atoms with Gasteiger partial charge in [0.05, 0.1) is 12.6 Å². The molecule has 2 rings (SSSR count). The lowest BCUT2D eigenvalue weighted by atomic mass is 10.1. The summed E-state index contributed by atoms with van der Waals surface area (Å²) in [7, 11) is 0. The van der Waals surface area contributed by atoms with Crippen LogP contribution in [0, 0.1) is 0 Å². The number of ether oxygens (including phenoxy) is 1. The molecule has 0 radical (unpaired) electrons. The first-order valence-corrected chi connectivity index (χ1v) is 8.70. The standard InChI is InChI=1S/C21H25NO3/c1-3-15-25-19-11-9-18(10-12-19)20(23)13-14-21(24)22-16(2)17-7-5-4-6-8-17/h4-12,16H,3,13-15H2,1-2H3,(H,22,24). The van der Waals surface area contributed by atoms with Crippen molar-refractivity contribution in [1.29, 1.82) is 0 Å². The summed E-state index contributed by atoms with van der Waals surface area (Å²) in [6, 6.07) is 16.8. The molecule has 4 heteroatoms. The van der Waals surface area contributed by atoms with Gasteiger partial charge in [-0.05, 0) is 43.2 Å². The zero-order chi connectivity index (χ0) is 18.1. The average Bonchev–Trinajstić information content (AvgIpc) is 2.65. The number of rotatable bonds is 9. The molecule has 25 heavy (non-hydrogen) atoms. The Hall–Kier alpha value is -2.62. The van der Waals surface area contributed by atoms with Gasteiger partial charge < -0.3 is 10.1 Å². The SMILES string of the molecule is CCCOc1ccc(C(=O)CCC(=O)NC(C)c2ccccc2)cc1. The smallest absolute Gasteiger partial charge is 0.220 e. The summed E-state index contributed by atoms with van der Waals surface area (Å²) in [5, 5.41) is 2.92. The second kappa shape index (κ2) is 9.62. The fourth-order valence-electron chi connectivity index (χ4n) is 2.47. The van der Waals surface area contributed by atoms with Gasteiger partial charge >= 0.3 is 0 Å². The van der Waals surface area contributed by atoms with E-state index in [-0.39, 0.29) is 30.6 Å². The predicted octanol–water partition coefficient (Wildman–Crippen LogP) is 4.32. The van der Waals surface area contributed by atoms with E-state index in [4.69, 9.17) is 4.74 Å². The van der Waals surface area contributed by atoms with Crippen LogP contribution in [0.3, 0.4) is 0 Å². The minimum Gasteiger partial charge on any atom is -0.494 e. The van der Waals surface area contributed by atoms with Crippen LogP contribution >= 0.6 is 0 Å². The van der Waals surface area contributed by atoms with Crippen LogP contribution in [-0.2, 0) is 4.79 Å².